The largest absolute Gasteiger partial charge is 0.507 e. The number of phenols is 2. The van der Waals surface area contributed by atoms with Gasteiger partial charge in [0.2, 0.25) is 0 Å². The van der Waals surface area contributed by atoms with Crippen molar-refractivity contribution in [1.82, 2.24) is 9.97 Å². The number of rotatable bonds is 3. The highest BCUT2D eigenvalue weighted by atomic mass is 32.2. The quantitative estimate of drug-likeness (QED) is 0.289. The molecule has 0 aliphatic rings. The smallest absolute Gasteiger partial charge is 0.294 e. The molecule has 0 bridgehead atoms. The molecule has 1 aromatic heterocycles. The summed E-state index contributed by atoms with van der Waals surface area (Å²) in [7, 11) is -4.46. The average molecular weight is 446 g/mol. The van der Waals surface area contributed by atoms with Crippen LogP contribution in [0.3, 0.4) is 0 Å². The second kappa shape index (κ2) is 7.08. The number of imidazole rings is 1. The molecule has 160 valence electrons. The minimum atomic E-state index is -4.46. The normalized spacial score (nSPS) is 11.9. The van der Waals surface area contributed by atoms with E-state index < -0.39 is 15.0 Å². The zero-order chi connectivity index (χ0) is 22.6. The molecule has 0 radical (unpaired) electrons. The summed E-state index contributed by atoms with van der Waals surface area (Å²) in [6.07, 6.45) is 0. The molecule has 5 aromatic rings. The van der Waals surface area contributed by atoms with Gasteiger partial charge in [-0.25, -0.2) is 4.98 Å². The van der Waals surface area contributed by atoms with Gasteiger partial charge in [-0.15, -0.1) is 0 Å². The SMILES string of the molecule is Cc1ccccc1-c1ccc(-c2nc3c(ccc4cc(S(=O)(=O)O)cc(O)c43)[nH]2)c(O)c1. The summed E-state index contributed by atoms with van der Waals surface area (Å²) in [5.74, 6) is 0.129. The van der Waals surface area contributed by atoms with E-state index >= 15 is 0 Å². The lowest BCUT2D eigenvalue weighted by Gasteiger charge is -2.08. The summed E-state index contributed by atoms with van der Waals surface area (Å²) in [4.78, 5) is 7.29. The van der Waals surface area contributed by atoms with Crippen molar-refractivity contribution in [2.45, 2.75) is 11.8 Å². The lowest BCUT2D eigenvalue weighted by molar-refractivity contribution is 0.471. The van der Waals surface area contributed by atoms with Crippen molar-refractivity contribution in [3.8, 4) is 34.0 Å². The Morgan fingerprint density at radius 3 is 2.38 bits per heavy atom. The van der Waals surface area contributed by atoms with E-state index in [4.69, 9.17) is 0 Å². The van der Waals surface area contributed by atoms with Crippen molar-refractivity contribution in [3.63, 3.8) is 0 Å². The minimum Gasteiger partial charge on any atom is -0.507 e. The molecule has 7 nitrogen and oxygen atoms in total. The molecule has 0 aliphatic carbocycles. The van der Waals surface area contributed by atoms with Crippen LogP contribution in [0.25, 0.3) is 44.3 Å². The Morgan fingerprint density at radius 1 is 0.875 bits per heavy atom. The number of aromatic amines is 1. The van der Waals surface area contributed by atoms with Gasteiger partial charge in [0.15, 0.2) is 0 Å². The molecule has 1 heterocycles. The lowest BCUT2D eigenvalue weighted by atomic mass is 9.99. The third-order valence-corrected chi connectivity index (χ3v) is 6.36. The van der Waals surface area contributed by atoms with Crippen LogP contribution in [0.1, 0.15) is 5.56 Å². The molecule has 4 aromatic carbocycles. The van der Waals surface area contributed by atoms with Gasteiger partial charge in [-0.2, -0.15) is 8.42 Å². The minimum absolute atomic E-state index is 0.0481. The first-order valence-corrected chi connectivity index (χ1v) is 11.2. The van der Waals surface area contributed by atoms with E-state index in [2.05, 4.69) is 9.97 Å². The lowest BCUT2D eigenvalue weighted by Crippen LogP contribution is -1.97. The van der Waals surface area contributed by atoms with Crippen molar-refractivity contribution in [3.05, 3.63) is 72.3 Å². The topological polar surface area (TPSA) is 124 Å². The van der Waals surface area contributed by atoms with E-state index in [0.717, 1.165) is 22.8 Å². The highest BCUT2D eigenvalue weighted by Gasteiger charge is 2.18. The van der Waals surface area contributed by atoms with E-state index in [1.165, 1.54) is 6.07 Å². The highest BCUT2D eigenvalue weighted by molar-refractivity contribution is 7.85. The van der Waals surface area contributed by atoms with Gasteiger partial charge < -0.3 is 15.2 Å². The van der Waals surface area contributed by atoms with E-state index in [-0.39, 0.29) is 11.5 Å². The second-order valence-electron chi connectivity index (χ2n) is 7.61. The molecular weight excluding hydrogens is 428 g/mol. The number of aromatic nitrogens is 2. The van der Waals surface area contributed by atoms with Gasteiger partial charge in [-0.1, -0.05) is 36.4 Å². The fourth-order valence-corrected chi connectivity index (χ4v) is 4.49. The van der Waals surface area contributed by atoms with Crippen LogP contribution >= 0.6 is 0 Å². The maximum absolute atomic E-state index is 11.5. The van der Waals surface area contributed by atoms with Gasteiger partial charge in [0, 0.05) is 6.07 Å². The van der Waals surface area contributed by atoms with Gasteiger partial charge in [-0.05, 0) is 53.3 Å². The van der Waals surface area contributed by atoms with Crippen LogP contribution in [-0.2, 0) is 10.1 Å². The van der Waals surface area contributed by atoms with Crippen molar-refractivity contribution in [2.24, 2.45) is 0 Å². The molecule has 0 atom stereocenters. The summed E-state index contributed by atoms with van der Waals surface area (Å²) >= 11 is 0. The molecule has 0 amide bonds. The predicted octanol–water partition coefficient (Wildman–Crippen LogP) is 5.02. The molecule has 0 saturated heterocycles. The van der Waals surface area contributed by atoms with Crippen LogP contribution in [0, 0.1) is 6.92 Å². The molecule has 4 N–H and O–H groups in total. The van der Waals surface area contributed by atoms with Gasteiger partial charge in [0.1, 0.15) is 22.8 Å². The van der Waals surface area contributed by atoms with E-state index in [0.29, 0.717) is 33.2 Å². The molecule has 0 aliphatic heterocycles. The molecular formula is C24H18N2O5S. The maximum Gasteiger partial charge on any atom is 0.294 e. The van der Waals surface area contributed by atoms with E-state index in [9.17, 15) is 23.2 Å². The number of hydrogen-bond acceptors (Lipinski definition) is 5. The second-order valence-corrected chi connectivity index (χ2v) is 9.03. The first-order chi connectivity index (χ1) is 15.2. The van der Waals surface area contributed by atoms with Crippen LogP contribution in [0.5, 0.6) is 11.5 Å². The van der Waals surface area contributed by atoms with Gasteiger partial charge in [0.25, 0.3) is 10.1 Å². The Kier molecular flexibility index (Phi) is 4.44. The number of nitrogens with zero attached hydrogens (tertiary/aromatic N) is 1. The Labute approximate surface area is 183 Å². The fourth-order valence-electron chi connectivity index (χ4n) is 3.96. The maximum atomic E-state index is 11.5. The van der Waals surface area contributed by atoms with Gasteiger partial charge in [0.05, 0.1) is 21.4 Å². The van der Waals surface area contributed by atoms with Crippen molar-refractivity contribution >= 4 is 31.9 Å². The van der Waals surface area contributed by atoms with Crippen LogP contribution in [0.2, 0.25) is 0 Å². The number of aryl methyl sites for hydroxylation is 1. The zero-order valence-corrected chi connectivity index (χ0v) is 17.7. The predicted molar refractivity (Wildman–Crippen MR) is 122 cm³/mol. The summed E-state index contributed by atoms with van der Waals surface area (Å²) in [6, 6.07) is 18.8. The Morgan fingerprint density at radius 2 is 1.66 bits per heavy atom. The van der Waals surface area contributed by atoms with Crippen molar-refractivity contribution < 1.29 is 23.2 Å². The standard InChI is InChI=1S/C24H18N2O5S/c1-13-4-2-3-5-17(13)14-6-8-18(20(27)11-14)24-25-19-9-7-15-10-16(32(29,30)31)12-21(28)22(15)23(19)26-24/h2-12,27-28H,1H3,(H,25,26)(H,29,30,31). The number of H-pyrrole nitrogens is 1. The van der Waals surface area contributed by atoms with Gasteiger partial charge in [-0.3, -0.25) is 4.55 Å². The molecule has 8 heteroatoms. The number of phenolic OH excluding ortho intramolecular Hbond substituents is 2. The van der Waals surface area contributed by atoms with Crippen LogP contribution < -0.4 is 0 Å². The summed E-state index contributed by atoms with van der Waals surface area (Å²) in [5.41, 5.74) is 4.49. The summed E-state index contributed by atoms with van der Waals surface area (Å²) in [6.45, 7) is 2.00. The highest BCUT2D eigenvalue weighted by Crippen LogP contribution is 2.37. The Balaban J connectivity index is 1.65. The molecule has 5 rings (SSSR count). The van der Waals surface area contributed by atoms with Crippen LogP contribution in [0.15, 0.2) is 71.6 Å². The number of aromatic hydroxyl groups is 2. The first-order valence-electron chi connectivity index (χ1n) is 9.75. The van der Waals surface area contributed by atoms with Crippen LogP contribution in [0.4, 0.5) is 0 Å². The summed E-state index contributed by atoms with van der Waals surface area (Å²) < 4.78 is 32.2. The van der Waals surface area contributed by atoms with E-state index in [1.54, 1.807) is 24.3 Å². The summed E-state index contributed by atoms with van der Waals surface area (Å²) in [5, 5.41) is 21.9. The number of hydrogen-bond donors (Lipinski definition) is 4. The molecule has 0 fully saturated rings. The van der Waals surface area contributed by atoms with Crippen molar-refractivity contribution in [1.29, 1.82) is 0 Å². The molecule has 0 spiro atoms. The molecule has 32 heavy (non-hydrogen) atoms. The van der Waals surface area contributed by atoms with Gasteiger partial charge >= 0.3 is 0 Å². The van der Waals surface area contributed by atoms with Crippen molar-refractivity contribution in [2.75, 3.05) is 0 Å². The zero-order valence-electron chi connectivity index (χ0n) is 16.9. The molecule has 0 saturated carbocycles. The average Bonchev–Trinajstić information content (AvgIpc) is 3.17. The Bertz CT molecular complexity index is 1640. The number of benzene rings is 4. The number of nitrogens with one attached hydrogen (secondary N) is 1. The number of fused-ring (bicyclic) bond motifs is 3. The third kappa shape index (κ3) is 3.26. The molecule has 0 unspecified atom stereocenters. The first kappa shape index (κ1) is 20.0. The monoisotopic (exact) mass is 446 g/mol. The Hall–Kier alpha value is -3.88. The van der Waals surface area contributed by atoms with E-state index in [1.807, 2.05) is 37.3 Å². The third-order valence-electron chi connectivity index (χ3n) is 5.53. The van der Waals surface area contributed by atoms with Crippen LogP contribution in [-0.4, -0.2) is 33.2 Å². The fraction of sp³-hybridized carbons (Fsp3) is 0.0417.